The van der Waals surface area contributed by atoms with Crippen LogP contribution in [0.5, 0.6) is 0 Å². The summed E-state index contributed by atoms with van der Waals surface area (Å²) < 4.78 is 2.16. The molecule has 43 heavy (non-hydrogen) atoms. The summed E-state index contributed by atoms with van der Waals surface area (Å²) in [6.07, 6.45) is 7.89. The molecule has 0 aliphatic heterocycles. The lowest BCUT2D eigenvalue weighted by Gasteiger charge is -2.07. The Morgan fingerprint density at radius 3 is 2.40 bits per heavy atom. The molecule has 1 aliphatic rings. The number of halogens is 1. The van der Waals surface area contributed by atoms with Crippen LogP contribution in [0.3, 0.4) is 0 Å². The molecule has 0 bridgehead atoms. The van der Waals surface area contributed by atoms with Gasteiger partial charge < -0.3 is 9.40 Å². The Kier molecular flexibility index (Phi) is 9.27. The van der Waals surface area contributed by atoms with E-state index in [1.807, 2.05) is 73.7 Å². The van der Waals surface area contributed by atoms with Gasteiger partial charge in [-0.1, -0.05) is 41.0 Å². The van der Waals surface area contributed by atoms with Crippen LogP contribution in [0.25, 0.3) is 21.8 Å². The molecule has 1 aromatic heterocycles. The van der Waals surface area contributed by atoms with Gasteiger partial charge in [0.1, 0.15) is 5.71 Å². The van der Waals surface area contributed by atoms with Gasteiger partial charge in [-0.25, -0.2) is 4.79 Å². The van der Waals surface area contributed by atoms with Crippen LogP contribution in [-0.4, -0.2) is 33.6 Å². The minimum atomic E-state index is -0.620. The number of benzene rings is 3. The number of carbonyl (C=O) groups is 3. The van der Waals surface area contributed by atoms with Crippen LogP contribution in [0.2, 0.25) is 0 Å². The highest BCUT2D eigenvalue weighted by atomic mass is 35.5. The van der Waals surface area contributed by atoms with Gasteiger partial charge in [-0.05, 0) is 80.1 Å². The number of allylic oxidation sites excluding steroid dienone is 4. The van der Waals surface area contributed by atoms with E-state index in [9.17, 15) is 14.4 Å². The normalized spacial score (nSPS) is 15.9. The summed E-state index contributed by atoms with van der Waals surface area (Å²) in [6.45, 7) is 5.93. The lowest BCUT2D eigenvalue weighted by molar-refractivity contribution is -0.140. The minimum absolute atomic E-state index is 0.0546. The number of nitrogens with zero attached hydrogens (tertiary/aromatic N) is 2. The van der Waals surface area contributed by atoms with Crippen LogP contribution in [0.4, 0.5) is 0 Å². The van der Waals surface area contributed by atoms with Crippen LogP contribution >= 0.6 is 23.4 Å². The zero-order chi connectivity index (χ0) is 30.5. The number of fused-ring (bicyclic) bond motifs is 3. The third-order valence-electron chi connectivity index (χ3n) is 7.09. The molecule has 0 fully saturated rings. The van der Waals surface area contributed by atoms with Crippen molar-refractivity contribution >= 4 is 68.4 Å². The number of hydrogen-bond acceptors (Lipinski definition) is 6. The summed E-state index contributed by atoms with van der Waals surface area (Å²) in [4.78, 5) is 44.5. The number of hydrogen-bond donors (Lipinski definition) is 0. The van der Waals surface area contributed by atoms with Gasteiger partial charge in [0.15, 0.2) is 5.78 Å². The Morgan fingerprint density at radius 1 is 1.00 bits per heavy atom. The SMILES string of the molecule is CCn1c2ccc(C(=O)/C(CS/C3=C/C=C(/Cl)CC=C=C3)=N/OC(C)=O)cc2c2cc(C(=O)c3ccccc3C)ccc21. The molecule has 0 saturated carbocycles. The Bertz CT molecular complexity index is 1940. The molecule has 5 rings (SSSR count). The van der Waals surface area contributed by atoms with E-state index in [4.69, 9.17) is 16.4 Å². The van der Waals surface area contributed by atoms with Gasteiger partial charge in [-0.3, -0.25) is 9.59 Å². The molecule has 4 aromatic rings. The molecular formula is C35H29ClN2O4S. The van der Waals surface area contributed by atoms with E-state index < -0.39 is 5.97 Å². The van der Waals surface area contributed by atoms with E-state index in [0.29, 0.717) is 34.7 Å². The molecular weight excluding hydrogens is 580 g/mol. The topological polar surface area (TPSA) is 77.7 Å². The predicted octanol–water partition coefficient (Wildman–Crippen LogP) is 8.31. The largest absolute Gasteiger partial charge is 0.341 e. The van der Waals surface area contributed by atoms with Gasteiger partial charge in [0, 0.05) is 74.1 Å². The van der Waals surface area contributed by atoms with Crippen LogP contribution < -0.4 is 0 Å². The lowest BCUT2D eigenvalue weighted by Crippen LogP contribution is -2.18. The van der Waals surface area contributed by atoms with E-state index >= 15 is 0 Å². The van der Waals surface area contributed by atoms with Gasteiger partial charge >= 0.3 is 5.97 Å². The maximum absolute atomic E-state index is 13.8. The Morgan fingerprint density at radius 2 is 1.70 bits per heavy atom. The van der Waals surface area contributed by atoms with Crippen LogP contribution in [0.1, 0.15) is 52.1 Å². The number of rotatable bonds is 9. The predicted molar refractivity (Wildman–Crippen MR) is 175 cm³/mol. The zero-order valence-electron chi connectivity index (χ0n) is 24.0. The molecule has 8 heteroatoms. The summed E-state index contributed by atoms with van der Waals surface area (Å²) in [6, 6.07) is 18.7. The summed E-state index contributed by atoms with van der Waals surface area (Å²) in [5.41, 5.74) is 7.62. The van der Waals surface area contributed by atoms with Gasteiger partial charge in [0.05, 0.1) is 0 Å². The van der Waals surface area contributed by atoms with Crippen molar-refractivity contribution in [3.05, 3.63) is 123 Å². The maximum Gasteiger partial charge on any atom is 0.331 e. The second-order valence-corrected chi connectivity index (χ2v) is 11.5. The minimum Gasteiger partial charge on any atom is -0.341 e. The van der Waals surface area contributed by atoms with E-state index in [-0.39, 0.29) is 23.0 Å². The number of carbonyl (C=O) groups excluding carboxylic acids is 3. The molecule has 6 nitrogen and oxygen atoms in total. The molecule has 0 saturated heterocycles. The third-order valence-corrected chi connectivity index (χ3v) is 8.37. The van der Waals surface area contributed by atoms with Crippen molar-refractivity contribution < 1.29 is 19.2 Å². The van der Waals surface area contributed by atoms with E-state index in [2.05, 4.69) is 22.4 Å². The number of ketones is 2. The lowest BCUT2D eigenvalue weighted by atomic mass is 9.97. The molecule has 0 unspecified atom stereocenters. The Hall–Kier alpha value is -4.42. The van der Waals surface area contributed by atoms with E-state index in [1.54, 1.807) is 18.2 Å². The molecule has 3 aromatic carbocycles. The van der Waals surface area contributed by atoms with Crippen molar-refractivity contribution in [3.63, 3.8) is 0 Å². The van der Waals surface area contributed by atoms with Crippen molar-refractivity contribution in [2.24, 2.45) is 5.16 Å². The quantitative estimate of drug-likeness (QED) is 0.0628. The first-order valence-electron chi connectivity index (χ1n) is 13.8. The number of thioether (sulfide) groups is 1. The fraction of sp³-hybridized carbons (Fsp3) is 0.171. The Balaban J connectivity index is 1.53. The van der Waals surface area contributed by atoms with Crippen LogP contribution in [0, 0.1) is 6.92 Å². The van der Waals surface area contributed by atoms with Crippen molar-refractivity contribution in [1.29, 1.82) is 0 Å². The highest BCUT2D eigenvalue weighted by Crippen LogP contribution is 2.32. The summed E-state index contributed by atoms with van der Waals surface area (Å²) in [5.74, 6) is -0.878. The molecule has 0 amide bonds. The first kappa shape index (κ1) is 30.1. The molecule has 1 aliphatic carbocycles. The number of oxime groups is 1. The van der Waals surface area contributed by atoms with Crippen LogP contribution in [-0.2, 0) is 16.2 Å². The molecule has 1 heterocycles. The van der Waals surface area contributed by atoms with E-state index in [0.717, 1.165) is 32.3 Å². The van der Waals surface area contributed by atoms with E-state index in [1.165, 1.54) is 18.7 Å². The number of Topliss-reactive ketones (excluding diaryl/α,β-unsaturated/α-hetero) is 1. The molecule has 0 radical (unpaired) electrons. The zero-order valence-corrected chi connectivity index (χ0v) is 25.6. The average molecular weight is 609 g/mol. The highest BCUT2D eigenvalue weighted by Gasteiger charge is 2.20. The molecule has 0 spiro atoms. The first-order valence-corrected chi connectivity index (χ1v) is 15.2. The second kappa shape index (κ2) is 13.3. The van der Waals surface area contributed by atoms with Gasteiger partial charge in [-0.2, -0.15) is 0 Å². The van der Waals surface area contributed by atoms with Gasteiger partial charge in [0.25, 0.3) is 0 Å². The number of aryl methyl sites for hydroxylation is 2. The van der Waals surface area contributed by atoms with Crippen molar-refractivity contribution in [3.8, 4) is 0 Å². The second-order valence-electron chi connectivity index (χ2n) is 9.99. The monoisotopic (exact) mass is 608 g/mol. The van der Waals surface area contributed by atoms with Crippen molar-refractivity contribution in [1.82, 2.24) is 4.57 Å². The fourth-order valence-electron chi connectivity index (χ4n) is 4.96. The van der Waals surface area contributed by atoms with Crippen molar-refractivity contribution in [2.75, 3.05) is 5.75 Å². The Labute approximate surface area is 259 Å². The first-order chi connectivity index (χ1) is 20.8. The number of aromatic nitrogens is 1. The third kappa shape index (κ3) is 6.65. The maximum atomic E-state index is 13.8. The van der Waals surface area contributed by atoms with Crippen molar-refractivity contribution in [2.45, 2.75) is 33.7 Å². The summed E-state index contributed by atoms with van der Waals surface area (Å²) >= 11 is 7.53. The summed E-state index contributed by atoms with van der Waals surface area (Å²) in [5, 5.41) is 6.31. The van der Waals surface area contributed by atoms with Crippen LogP contribution in [0.15, 0.2) is 106 Å². The smallest absolute Gasteiger partial charge is 0.331 e. The molecule has 0 atom stereocenters. The van der Waals surface area contributed by atoms with Gasteiger partial charge in [-0.15, -0.1) is 17.5 Å². The fourth-order valence-corrected chi connectivity index (χ4v) is 5.90. The van der Waals surface area contributed by atoms with Gasteiger partial charge in [0.2, 0.25) is 5.78 Å². The highest BCUT2D eigenvalue weighted by molar-refractivity contribution is 8.04. The average Bonchev–Trinajstić information content (AvgIpc) is 3.31. The standard InChI is InChI=1S/C35H29ClN2O4S/c1-4-38-32-17-13-24(34(40)28-12-8-5-9-22(28)2)19-29(32)30-20-25(14-18-33(30)38)35(41)31(37-42-23(3)39)21-43-27-11-7-6-10-26(36)15-16-27/h5-6,8-9,11-20H,4,10,21H2,1-3H3/b26-15+,27-16+,37-31+. The molecule has 216 valence electrons. The molecule has 0 N–H and O–H groups in total. The summed E-state index contributed by atoms with van der Waals surface area (Å²) in [7, 11) is 0.